The number of rotatable bonds is 3. The number of piperidine rings is 1. The fraction of sp³-hybridized carbons (Fsp3) is 0.389. The zero-order chi connectivity index (χ0) is 17.2. The van der Waals surface area contributed by atoms with Crippen LogP contribution in [0.25, 0.3) is 0 Å². The van der Waals surface area contributed by atoms with E-state index in [4.69, 9.17) is 9.47 Å². The first kappa shape index (κ1) is 15.7. The zero-order valence-electron chi connectivity index (χ0n) is 14.1. The van der Waals surface area contributed by atoms with Gasteiger partial charge in [-0.2, -0.15) is 0 Å². The van der Waals surface area contributed by atoms with E-state index in [1.165, 1.54) is 0 Å². The standard InChI is InChI=1S/C18H20N4O3/c1-12-4-6-22(7-5-12)18-19-9-13(10-20-18)17(23)21-14-2-3-15-16(8-14)25-11-24-15/h2-3,8-10,12H,4-7,11H2,1H3,(H,21,23). The maximum absolute atomic E-state index is 12.4. The lowest BCUT2D eigenvalue weighted by Crippen LogP contribution is -2.34. The summed E-state index contributed by atoms with van der Waals surface area (Å²) in [6.45, 7) is 4.40. The summed E-state index contributed by atoms with van der Waals surface area (Å²) in [5, 5.41) is 2.82. The molecule has 7 heteroatoms. The first-order valence-electron chi connectivity index (χ1n) is 8.47. The van der Waals surface area contributed by atoms with Crippen LogP contribution in [-0.2, 0) is 0 Å². The molecular weight excluding hydrogens is 320 g/mol. The van der Waals surface area contributed by atoms with Crippen molar-refractivity contribution < 1.29 is 14.3 Å². The van der Waals surface area contributed by atoms with Gasteiger partial charge in [0, 0.05) is 37.2 Å². The van der Waals surface area contributed by atoms with Crippen molar-refractivity contribution in [2.75, 3.05) is 30.1 Å². The monoisotopic (exact) mass is 340 g/mol. The van der Waals surface area contributed by atoms with E-state index in [-0.39, 0.29) is 12.7 Å². The molecule has 0 aliphatic carbocycles. The van der Waals surface area contributed by atoms with Crippen molar-refractivity contribution in [3.63, 3.8) is 0 Å². The lowest BCUT2D eigenvalue weighted by Gasteiger charge is -2.30. The fourth-order valence-electron chi connectivity index (χ4n) is 2.99. The number of ether oxygens (including phenoxy) is 2. The van der Waals surface area contributed by atoms with Gasteiger partial charge in [0.05, 0.1) is 5.56 Å². The van der Waals surface area contributed by atoms with Crippen molar-refractivity contribution in [1.29, 1.82) is 0 Å². The first-order chi connectivity index (χ1) is 12.2. The Kier molecular flexibility index (Phi) is 4.13. The smallest absolute Gasteiger partial charge is 0.258 e. The van der Waals surface area contributed by atoms with Crippen molar-refractivity contribution in [2.24, 2.45) is 5.92 Å². The Morgan fingerprint density at radius 1 is 1.16 bits per heavy atom. The molecule has 0 spiro atoms. The highest BCUT2D eigenvalue weighted by Crippen LogP contribution is 2.34. The average molecular weight is 340 g/mol. The molecule has 1 N–H and O–H groups in total. The van der Waals surface area contributed by atoms with E-state index in [1.807, 2.05) is 0 Å². The van der Waals surface area contributed by atoms with E-state index in [1.54, 1.807) is 30.6 Å². The normalized spacial score (nSPS) is 16.8. The molecule has 1 saturated heterocycles. The second-order valence-corrected chi connectivity index (χ2v) is 6.46. The molecule has 7 nitrogen and oxygen atoms in total. The Hall–Kier alpha value is -2.83. The third-order valence-corrected chi connectivity index (χ3v) is 4.60. The van der Waals surface area contributed by atoms with Gasteiger partial charge < -0.3 is 19.7 Å². The molecule has 2 aromatic rings. The largest absolute Gasteiger partial charge is 0.454 e. The maximum atomic E-state index is 12.4. The van der Waals surface area contributed by atoms with E-state index in [2.05, 4.69) is 27.1 Å². The molecule has 1 aromatic heterocycles. The van der Waals surface area contributed by atoms with Gasteiger partial charge >= 0.3 is 0 Å². The van der Waals surface area contributed by atoms with Gasteiger partial charge in [-0.05, 0) is 30.9 Å². The van der Waals surface area contributed by atoms with Crippen molar-refractivity contribution in [3.05, 3.63) is 36.2 Å². The van der Waals surface area contributed by atoms with E-state index in [0.717, 1.165) is 31.8 Å². The summed E-state index contributed by atoms with van der Waals surface area (Å²) < 4.78 is 10.6. The topological polar surface area (TPSA) is 76.6 Å². The highest BCUT2D eigenvalue weighted by atomic mass is 16.7. The summed E-state index contributed by atoms with van der Waals surface area (Å²) in [4.78, 5) is 23.2. The lowest BCUT2D eigenvalue weighted by molar-refractivity contribution is 0.102. The summed E-state index contributed by atoms with van der Waals surface area (Å²) in [6, 6.07) is 5.29. The van der Waals surface area contributed by atoms with Gasteiger partial charge in [0.2, 0.25) is 12.7 Å². The van der Waals surface area contributed by atoms with Crippen LogP contribution in [0.15, 0.2) is 30.6 Å². The minimum Gasteiger partial charge on any atom is -0.454 e. The molecule has 0 atom stereocenters. The van der Waals surface area contributed by atoms with E-state index in [9.17, 15) is 4.79 Å². The molecule has 4 rings (SSSR count). The third-order valence-electron chi connectivity index (χ3n) is 4.60. The number of aromatic nitrogens is 2. The predicted molar refractivity (Wildman–Crippen MR) is 93.2 cm³/mol. The number of benzene rings is 1. The number of nitrogens with zero attached hydrogens (tertiary/aromatic N) is 3. The zero-order valence-corrected chi connectivity index (χ0v) is 14.1. The number of amides is 1. The van der Waals surface area contributed by atoms with Crippen molar-refractivity contribution in [3.8, 4) is 11.5 Å². The lowest BCUT2D eigenvalue weighted by atomic mass is 10.00. The predicted octanol–water partition coefficient (Wildman–Crippen LogP) is 2.69. The van der Waals surface area contributed by atoms with Crippen LogP contribution in [0.5, 0.6) is 11.5 Å². The number of hydrogen-bond acceptors (Lipinski definition) is 6. The molecule has 25 heavy (non-hydrogen) atoms. The second kappa shape index (κ2) is 6.58. The van der Waals surface area contributed by atoms with Crippen molar-refractivity contribution in [2.45, 2.75) is 19.8 Å². The van der Waals surface area contributed by atoms with Crippen LogP contribution < -0.4 is 19.7 Å². The first-order valence-corrected chi connectivity index (χ1v) is 8.47. The van der Waals surface area contributed by atoms with Crippen LogP contribution in [0.3, 0.4) is 0 Å². The number of carbonyl (C=O) groups excluding carboxylic acids is 1. The third kappa shape index (κ3) is 3.35. The van der Waals surface area contributed by atoms with Crippen LogP contribution in [0.4, 0.5) is 11.6 Å². The summed E-state index contributed by atoms with van der Waals surface area (Å²) >= 11 is 0. The second-order valence-electron chi connectivity index (χ2n) is 6.46. The maximum Gasteiger partial charge on any atom is 0.258 e. The minimum atomic E-state index is -0.252. The number of carbonyl (C=O) groups is 1. The van der Waals surface area contributed by atoms with Gasteiger partial charge in [0.15, 0.2) is 11.5 Å². The number of hydrogen-bond donors (Lipinski definition) is 1. The van der Waals surface area contributed by atoms with Crippen molar-refractivity contribution in [1.82, 2.24) is 9.97 Å². The molecule has 2 aliphatic rings. The molecule has 1 aromatic carbocycles. The van der Waals surface area contributed by atoms with Crippen LogP contribution in [0.2, 0.25) is 0 Å². The Labute approximate surface area is 146 Å². The van der Waals surface area contributed by atoms with Crippen molar-refractivity contribution >= 4 is 17.5 Å². The van der Waals surface area contributed by atoms with E-state index >= 15 is 0 Å². The molecule has 3 heterocycles. The summed E-state index contributed by atoms with van der Waals surface area (Å²) in [7, 11) is 0. The minimum absolute atomic E-state index is 0.206. The number of fused-ring (bicyclic) bond motifs is 1. The fourth-order valence-corrected chi connectivity index (χ4v) is 2.99. The van der Waals surface area contributed by atoms with Gasteiger partial charge in [-0.25, -0.2) is 9.97 Å². The molecule has 0 radical (unpaired) electrons. The Morgan fingerprint density at radius 3 is 2.64 bits per heavy atom. The molecule has 2 aliphatic heterocycles. The highest BCUT2D eigenvalue weighted by molar-refractivity contribution is 6.04. The molecule has 0 saturated carbocycles. The van der Waals surface area contributed by atoms with Gasteiger partial charge in [-0.3, -0.25) is 4.79 Å². The number of nitrogens with one attached hydrogen (secondary N) is 1. The summed E-state index contributed by atoms with van der Waals surface area (Å²) in [5.74, 6) is 2.50. The SMILES string of the molecule is CC1CCN(c2ncc(C(=O)Nc3ccc4c(c3)OCO4)cn2)CC1. The van der Waals surface area contributed by atoms with Gasteiger partial charge in [-0.15, -0.1) is 0 Å². The van der Waals surface area contributed by atoms with Gasteiger partial charge in [-0.1, -0.05) is 6.92 Å². The molecule has 130 valence electrons. The van der Waals surface area contributed by atoms with Crippen LogP contribution >= 0.6 is 0 Å². The van der Waals surface area contributed by atoms with Gasteiger partial charge in [0.25, 0.3) is 5.91 Å². The van der Waals surface area contributed by atoms with Crippen LogP contribution in [0, 0.1) is 5.92 Å². The quantitative estimate of drug-likeness (QED) is 0.926. The number of anilines is 2. The van der Waals surface area contributed by atoms with E-state index < -0.39 is 0 Å². The van der Waals surface area contributed by atoms with E-state index in [0.29, 0.717) is 28.7 Å². The Balaban J connectivity index is 1.42. The van der Waals surface area contributed by atoms with Gasteiger partial charge in [0.1, 0.15) is 0 Å². The molecule has 1 fully saturated rings. The summed E-state index contributed by atoms with van der Waals surface area (Å²) in [5.41, 5.74) is 1.06. The molecule has 0 unspecified atom stereocenters. The Bertz CT molecular complexity index is 770. The van der Waals surface area contributed by atoms with Crippen LogP contribution in [0.1, 0.15) is 30.1 Å². The average Bonchev–Trinajstić information content (AvgIpc) is 3.10. The summed E-state index contributed by atoms with van der Waals surface area (Å²) in [6.07, 6.45) is 5.44. The molecule has 0 bridgehead atoms. The molecule has 1 amide bonds. The Morgan fingerprint density at radius 2 is 1.88 bits per heavy atom. The highest BCUT2D eigenvalue weighted by Gasteiger charge is 2.19. The van der Waals surface area contributed by atoms with Crippen LogP contribution in [-0.4, -0.2) is 35.8 Å². The molecular formula is C18H20N4O3.